The van der Waals surface area contributed by atoms with Crippen molar-refractivity contribution in [1.29, 1.82) is 0 Å². The Balaban J connectivity index is 2.62. The zero-order valence-electron chi connectivity index (χ0n) is 11.9. The molecule has 0 spiro atoms. The van der Waals surface area contributed by atoms with Crippen molar-refractivity contribution >= 4 is 11.9 Å². The molecule has 0 aliphatic rings. The van der Waals surface area contributed by atoms with E-state index in [0.29, 0.717) is 12.8 Å². The Morgan fingerprint density at radius 1 is 1.30 bits per heavy atom. The number of aliphatic carboxylic acids is 1. The molecule has 1 rings (SSSR count). The number of carboxylic acid groups (broad SMARTS) is 1. The fourth-order valence-corrected chi connectivity index (χ4v) is 1.94. The molecule has 0 aliphatic carbocycles. The van der Waals surface area contributed by atoms with Crippen LogP contribution in [0.1, 0.15) is 25.8 Å². The van der Waals surface area contributed by atoms with E-state index in [-0.39, 0.29) is 12.6 Å². The average molecular weight is 279 g/mol. The van der Waals surface area contributed by atoms with Crippen LogP contribution in [0.5, 0.6) is 0 Å². The van der Waals surface area contributed by atoms with Crippen LogP contribution in [0.15, 0.2) is 30.3 Å². The lowest BCUT2D eigenvalue weighted by Gasteiger charge is -2.19. The Kier molecular flexibility index (Phi) is 6.73. The van der Waals surface area contributed by atoms with Gasteiger partial charge in [0.1, 0.15) is 6.04 Å². The highest BCUT2D eigenvalue weighted by molar-refractivity contribution is 5.75. The lowest BCUT2D eigenvalue weighted by atomic mass is 10.0. The highest BCUT2D eigenvalue weighted by Gasteiger charge is 2.25. The van der Waals surface area contributed by atoms with E-state index in [2.05, 4.69) is 0 Å². The van der Waals surface area contributed by atoms with E-state index in [1.54, 1.807) is 6.92 Å². The number of quaternary nitrogens is 1. The summed E-state index contributed by atoms with van der Waals surface area (Å²) in [4.78, 5) is 22.7. The summed E-state index contributed by atoms with van der Waals surface area (Å²) in [6, 6.07) is 8.44. The topological polar surface area (TPSA) is 83.0 Å². The van der Waals surface area contributed by atoms with E-state index in [9.17, 15) is 14.7 Å². The second kappa shape index (κ2) is 8.32. The van der Waals surface area contributed by atoms with E-state index >= 15 is 0 Å². The fourth-order valence-electron chi connectivity index (χ4n) is 1.94. The Hall–Kier alpha value is -1.88. The predicted molar refractivity (Wildman–Crippen MR) is 71.6 cm³/mol. The highest BCUT2D eigenvalue weighted by Crippen LogP contribution is 2.04. The van der Waals surface area contributed by atoms with Crippen molar-refractivity contribution in [2.45, 2.75) is 38.8 Å². The number of aryl methyl sites for hydroxylation is 1. The summed E-state index contributed by atoms with van der Waals surface area (Å²) >= 11 is 0. The van der Waals surface area contributed by atoms with Crippen molar-refractivity contribution in [2.75, 3.05) is 6.61 Å². The van der Waals surface area contributed by atoms with Gasteiger partial charge in [-0.25, -0.2) is 4.79 Å². The van der Waals surface area contributed by atoms with E-state index in [0.717, 1.165) is 5.56 Å². The van der Waals surface area contributed by atoms with Gasteiger partial charge in [-0.1, -0.05) is 30.3 Å². The summed E-state index contributed by atoms with van der Waals surface area (Å²) in [5.74, 6) is -1.56. The molecule has 110 valence electrons. The molecule has 0 aromatic heterocycles. The first-order valence-corrected chi connectivity index (χ1v) is 6.81. The van der Waals surface area contributed by atoms with Crippen LogP contribution in [0.4, 0.5) is 0 Å². The largest absolute Gasteiger partial charge is 0.544 e. The molecule has 2 atom stereocenters. The standard InChI is InChI=1S/C15H21NO4/c1-3-20-15(19)13(16-11(2)14(17)18)10-9-12-7-5-4-6-8-12/h4-8,11,13,16H,3,9-10H2,1-2H3,(H,17,18)/t11-,13+/m1/s1. The van der Waals surface area contributed by atoms with Crippen LogP contribution in [0.25, 0.3) is 0 Å². The second-order valence-corrected chi connectivity index (χ2v) is 4.68. The molecule has 0 aliphatic heterocycles. The third kappa shape index (κ3) is 5.40. The first-order valence-electron chi connectivity index (χ1n) is 6.81. The lowest BCUT2D eigenvalue weighted by Crippen LogP contribution is -2.98. The average Bonchev–Trinajstić information content (AvgIpc) is 2.44. The molecule has 5 heteroatoms. The van der Waals surface area contributed by atoms with Gasteiger partial charge in [0, 0.05) is 6.42 Å². The van der Waals surface area contributed by atoms with Gasteiger partial charge in [-0.05, 0) is 25.8 Å². The van der Waals surface area contributed by atoms with Crippen molar-refractivity contribution in [3.8, 4) is 0 Å². The highest BCUT2D eigenvalue weighted by atomic mass is 16.5. The predicted octanol–water partition coefficient (Wildman–Crippen LogP) is -0.747. The monoisotopic (exact) mass is 279 g/mol. The number of carbonyl (C=O) groups excluding carboxylic acids is 2. The zero-order chi connectivity index (χ0) is 15.0. The Morgan fingerprint density at radius 2 is 1.95 bits per heavy atom. The van der Waals surface area contributed by atoms with Gasteiger partial charge in [0.2, 0.25) is 0 Å². The fraction of sp³-hybridized carbons (Fsp3) is 0.467. The Labute approximate surface area is 118 Å². The van der Waals surface area contributed by atoms with Crippen molar-refractivity contribution in [3.05, 3.63) is 35.9 Å². The number of nitrogens with two attached hydrogens (primary N) is 1. The minimum Gasteiger partial charge on any atom is -0.544 e. The van der Waals surface area contributed by atoms with Crippen LogP contribution in [0.2, 0.25) is 0 Å². The number of benzene rings is 1. The normalized spacial score (nSPS) is 13.5. The van der Waals surface area contributed by atoms with Gasteiger partial charge in [0.25, 0.3) is 0 Å². The van der Waals surface area contributed by atoms with E-state index in [1.807, 2.05) is 30.3 Å². The van der Waals surface area contributed by atoms with Gasteiger partial charge in [0.15, 0.2) is 6.04 Å². The second-order valence-electron chi connectivity index (χ2n) is 4.68. The summed E-state index contributed by atoms with van der Waals surface area (Å²) in [6.07, 6.45) is 1.22. The molecule has 0 bridgehead atoms. The number of esters is 1. The van der Waals surface area contributed by atoms with E-state index in [4.69, 9.17) is 4.74 Å². The van der Waals surface area contributed by atoms with Crippen LogP contribution in [-0.4, -0.2) is 30.6 Å². The van der Waals surface area contributed by atoms with Crippen LogP contribution >= 0.6 is 0 Å². The number of rotatable bonds is 8. The molecule has 0 fully saturated rings. The molecule has 0 amide bonds. The summed E-state index contributed by atoms with van der Waals surface area (Å²) in [5.41, 5.74) is 1.11. The van der Waals surface area contributed by atoms with Crippen LogP contribution in [0, 0.1) is 0 Å². The third-order valence-electron chi connectivity index (χ3n) is 3.07. The maximum absolute atomic E-state index is 11.9. The minimum atomic E-state index is -1.18. The van der Waals surface area contributed by atoms with Crippen LogP contribution in [0.3, 0.4) is 0 Å². The van der Waals surface area contributed by atoms with Gasteiger partial charge >= 0.3 is 5.97 Å². The Morgan fingerprint density at radius 3 is 2.50 bits per heavy atom. The van der Waals surface area contributed by atoms with Gasteiger partial charge in [0.05, 0.1) is 12.6 Å². The van der Waals surface area contributed by atoms with E-state index < -0.39 is 18.1 Å². The summed E-state index contributed by atoms with van der Waals surface area (Å²) in [7, 11) is 0. The van der Waals surface area contributed by atoms with Crippen molar-refractivity contribution in [1.82, 2.24) is 0 Å². The molecular formula is C15H21NO4. The van der Waals surface area contributed by atoms with Crippen LogP contribution in [-0.2, 0) is 20.7 Å². The molecule has 1 aromatic carbocycles. The summed E-state index contributed by atoms with van der Waals surface area (Å²) in [6.45, 7) is 3.52. The quantitative estimate of drug-likeness (QED) is 0.635. The lowest BCUT2D eigenvalue weighted by molar-refractivity contribution is -0.702. The number of carbonyl (C=O) groups is 2. The molecule has 0 heterocycles. The van der Waals surface area contributed by atoms with Crippen molar-refractivity contribution < 1.29 is 24.7 Å². The van der Waals surface area contributed by atoms with Crippen LogP contribution < -0.4 is 10.4 Å². The molecule has 0 radical (unpaired) electrons. The number of hydrogen-bond donors (Lipinski definition) is 1. The molecule has 20 heavy (non-hydrogen) atoms. The number of carboxylic acids is 1. The molecule has 2 N–H and O–H groups in total. The summed E-state index contributed by atoms with van der Waals surface area (Å²) in [5, 5.41) is 12.3. The molecule has 0 unspecified atom stereocenters. The molecule has 1 aromatic rings. The zero-order valence-corrected chi connectivity index (χ0v) is 11.9. The third-order valence-corrected chi connectivity index (χ3v) is 3.07. The number of hydrogen-bond acceptors (Lipinski definition) is 4. The Bertz CT molecular complexity index is 433. The van der Waals surface area contributed by atoms with Gasteiger partial charge in [-0.3, -0.25) is 0 Å². The molecule has 5 nitrogen and oxygen atoms in total. The maximum atomic E-state index is 11.9. The summed E-state index contributed by atoms with van der Waals surface area (Å²) < 4.78 is 4.99. The van der Waals surface area contributed by atoms with Gasteiger partial charge in [-0.15, -0.1) is 0 Å². The van der Waals surface area contributed by atoms with Gasteiger partial charge in [-0.2, -0.15) is 0 Å². The first-order chi connectivity index (χ1) is 9.54. The smallest absolute Gasteiger partial charge is 0.364 e. The van der Waals surface area contributed by atoms with Crippen molar-refractivity contribution in [2.24, 2.45) is 0 Å². The molecular weight excluding hydrogens is 258 g/mol. The van der Waals surface area contributed by atoms with Crippen molar-refractivity contribution in [3.63, 3.8) is 0 Å². The molecule has 0 saturated heterocycles. The van der Waals surface area contributed by atoms with E-state index in [1.165, 1.54) is 12.2 Å². The SMILES string of the molecule is CCOC(=O)[C@H](CCc1ccccc1)[NH2+][C@H](C)C(=O)[O-]. The first kappa shape index (κ1) is 16.2. The molecule has 0 saturated carbocycles. The maximum Gasteiger partial charge on any atom is 0.364 e. The number of ether oxygens (including phenoxy) is 1. The van der Waals surface area contributed by atoms with Gasteiger partial charge < -0.3 is 20.0 Å². The minimum absolute atomic E-state index is 0.286.